The number of fused-ring (bicyclic) bond motifs is 4. The number of rotatable bonds is 2. The van der Waals surface area contributed by atoms with E-state index in [-0.39, 0.29) is 11.4 Å². The maximum atomic E-state index is 12.5. The SMILES string of the molecule is CCCc1nc2n(n1)C1(CCCCC1)C1CCCCC1N2C(C)=O. The summed E-state index contributed by atoms with van der Waals surface area (Å²) < 4.78 is 2.21. The van der Waals surface area contributed by atoms with Crippen LogP contribution in [0.3, 0.4) is 0 Å². The molecule has 5 heteroatoms. The molecule has 0 bridgehead atoms. The number of carbonyl (C=O) groups excluding carboxylic acids is 1. The zero-order valence-corrected chi connectivity index (χ0v) is 15.1. The molecule has 1 aliphatic heterocycles. The Bertz CT molecular complexity index is 617. The normalized spacial score (nSPS) is 28.5. The summed E-state index contributed by atoms with van der Waals surface area (Å²) in [6.45, 7) is 3.86. The van der Waals surface area contributed by atoms with Gasteiger partial charge in [-0.15, -0.1) is 0 Å². The van der Waals surface area contributed by atoms with Crippen LogP contribution in [0.2, 0.25) is 0 Å². The van der Waals surface area contributed by atoms with Crippen molar-refractivity contribution in [3.05, 3.63) is 5.82 Å². The van der Waals surface area contributed by atoms with Gasteiger partial charge in [0.05, 0.1) is 5.54 Å². The van der Waals surface area contributed by atoms with E-state index in [1.807, 2.05) is 4.90 Å². The largest absolute Gasteiger partial charge is 0.278 e. The highest BCUT2D eigenvalue weighted by Crippen LogP contribution is 2.52. The first-order valence-electron chi connectivity index (χ1n) is 9.93. The summed E-state index contributed by atoms with van der Waals surface area (Å²) in [5.74, 6) is 2.45. The number of nitrogens with zero attached hydrogens (tertiary/aromatic N) is 4. The molecule has 1 aromatic rings. The summed E-state index contributed by atoms with van der Waals surface area (Å²) >= 11 is 0. The fourth-order valence-corrected chi connectivity index (χ4v) is 5.60. The van der Waals surface area contributed by atoms with Gasteiger partial charge >= 0.3 is 0 Å². The highest BCUT2D eigenvalue weighted by molar-refractivity contribution is 5.90. The van der Waals surface area contributed by atoms with Gasteiger partial charge in [-0.25, -0.2) is 4.68 Å². The van der Waals surface area contributed by atoms with Gasteiger partial charge in [0.15, 0.2) is 5.82 Å². The lowest BCUT2D eigenvalue weighted by Gasteiger charge is -2.55. The number of hydrogen-bond donors (Lipinski definition) is 0. The van der Waals surface area contributed by atoms with Crippen LogP contribution in [-0.2, 0) is 16.8 Å². The Kier molecular flexibility index (Phi) is 4.13. The highest BCUT2D eigenvalue weighted by atomic mass is 16.2. The van der Waals surface area contributed by atoms with E-state index in [2.05, 4.69) is 11.6 Å². The van der Waals surface area contributed by atoms with Gasteiger partial charge in [0.2, 0.25) is 11.9 Å². The molecule has 0 aromatic carbocycles. The minimum Gasteiger partial charge on any atom is -0.278 e. The first kappa shape index (κ1) is 16.1. The van der Waals surface area contributed by atoms with E-state index in [4.69, 9.17) is 10.1 Å². The number of carbonyl (C=O) groups is 1. The first-order valence-corrected chi connectivity index (χ1v) is 9.93. The molecule has 2 unspecified atom stereocenters. The zero-order chi connectivity index (χ0) is 16.7. The van der Waals surface area contributed by atoms with Crippen LogP contribution >= 0.6 is 0 Å². The first-order chi connectivity index (χ1) is 11.7. The predicted molar refractivity (Wildman–Crippen MR) is 94.0 cm³/mol. The lowest BCUT2D eigenvalue weighted by molar-refractivity contribution is -0.118. The fourth-order valence-electron chi connectivity index (χ4n) is 5.60. The number of anilines is 1. The summed E-state index contributed by atoms with van der Waals surface area (Å²) in [7, 11) is 0. The van der Waals surface area contributed by atoms with Crippen LogP contribution in [0, 0.1) is 5.92 Å². The third-order valence-corrected chi connectivity index (χ3v) is 6.55. The Labute approximate surface area is 144 Å². The topological polar surface area (TPSA) is 51.0 Å². The van der Waals surface area contributed by atoms with Crippen molar-refractivity contribution >= 4 is 11.9 Å². The average molecular weight is 330 g/mol. The Morgan fingerprint density at radius 2 is 1.92 bits per heavy atom. The van der Waals surface area contributed by atoms with E-state index in [0.717, 1.165) is 31.0 Å². The Balaban J connectivity index is 1.87. The molecule has 24 heavy (non-hydrogen) atoms. The monoisotopic (exact) mass is 330 g/mol. The second-order valence-corrected chi connectivity index (χ2v) is 8.00. The Morgan fingerprint density at radius 3 is 2.62 bits per heavy atom. The summed E-state index contributed by atoms with van der Waals surface area (Å²) in [5, 5.41) is 4.95. The molecule has 0 radical (unpaired) electrons. The zero-order valence-electron chi connectivity index (χ0n) is 15.1. The second-order valence-electron chi connectivity index (χ2n) is 8.00. The van der Waals surface area contributed by atoms with Crippen LogP contribution in [0.1, 0.15) is 83.9 Å². The summed E-state index contributed by atoms with van der Waals surface area (Å²) in [4.78, 5) is 19.3. The van der Waals surface area contributed by atoms with E-state index in [1.165, 1.54) is 51.4 Å². The minimum atomic E-state index is 0.115. The van der Waals surface area contributed by atoms with Crippen LogP contribution < -0.4 is 4.90 Å². The van der Waals surface area contributed by atoms with Crippen molar-refractivity contribution in [2.45, 2.75) is 96.1 Å². The summed E-state index contributed by atoms with van der Waals surface area (Å²) in [6.07, 6.45) is 13.2. The lowest BCUT2D eigenvalue weighted by Crippen LogP contribution is -2.61. The average Bonchev–Trinajstić information content (AvgIpc) is 3.00. The number of aryl methyl sites for hydroxylation is 1. The molecule has 132 valence electrons. The maximum absolute atomic E-state index is 12.5. The molecule has 2 heterocycles. The van der Waals surface area contributed by atoms with Crippen LogP contribution in [0.25, 0.3) is 0 Å². The fraction of sp³-hybridized carbons (Fsp3) is 0.842. The van der Waals surface area contributed by atoms with Gasteiger partial charge in [-0.3, -0.25) is 9.69 Å². The van der Waals surface area contributed by atoms with Gasteiger partial charge < -0.3 is 0 Å². The molecule has 1 spiro atoms. The molecule has 2 fully saturated rings. The Hall–Kier alpha value is -1.39. The molecule has 0 saturated heterocycles. The standard InChI is InChI=1S/C19H30N4O/c1-3-9-17-20-18-22(14(2)24)16-11-6-5-10-15(16)19(23(18)21-17)12-7-4-8-13-19/h15-16H,3-13H2,1-2H3. The molecule has 3 aliphatic rings. The van der Waals surface area contributed by atoms with E-state index in [1.54, 1.807) is 6.92 Å². The molecule has 2 atom stereocenters. The van der Waals surface area contributed by atoms with E-state index in [9.17, 15) is 4.79 Å². The van der Waals surface area contributed by atoms with Gasteiger partial charge in [0.1, 0.15) is 0 Å². The van der Waals surface area contributed by atoms with Crippen LogP contribution in [0.5, 0.6) is 0 Å². The van der Waals surface area contributed by atoms with Crippen molar-refractivity contribution < 1.29 is 4.79 Å². The van der Waals surface area contributed by atoms with Gasteiger partial charge in [-0.1, -0.05) is 39.0 Å². The highest BCUT2D eigenvalue weighted by Gasteiger charge is 2.54. The van der Waals surface area contributed by atoms with Crippen LogP contribution in [0.4, 0.5) is 5.95 Å². The van der Waals surface area contributed by atoms with Crippen molar-refractivity contribution in [3.63, 3.8) is 0 Å². The Morgan fingerprint density at radius 1 is 1.17 bits per heavy atom. The van der Waals surface area contributed by atoms with Crippen molar-refractivity contribution in [1.29, 1.82) is 0 Å². The van der Waals surface area contributed by atoms with Gasteiger partial charge in [0, 0.05) is 25.3 Å². The smallest absolute Gasteiger partial charge is 0.231 e. The summed E-state index contributed by atoms with van der Waals surface area (Å²) in [5.41, 5.74) is 0.115. The van der Waals surface area contributed by atoms with Crippen LogP contribution in [0.15, 0.2) is 0 Å². The summed E-state index contributed by atoms with van der Waals surface area (Å²) in [6, 6.07) is 0.334. The van der Waals surface area contributed by atoms with E-state index < -0.39 is 0 Å². The molecule has 5 nitrogen and oxygen atoms in total. The molecule has 0 N–H and O–H groups in total. The third kappa shape index (κ3) is 2.31. The van der Waals surface area contributed by atoms with Crippen molar-refractivity contribution in [1.82, 2.24) is 14.8 Å². The predicted octanol–water partition coefficient (Wildman–Crippen LogP) is 3.82. The molecule has 1 aromatic heterocycles. The maximum Gasteiger partial charge on any atom is 0.231 e. The van der Waals surface area contributed by atoms with Crippen LogP contribution in [-0.4, -0.2) is 26.7 Å². The number of hydrogen-bond acceptors (Lipinski definition) is 3. The number of amides is 1. The van der Waals surface area contributed by atoms with E-state index >= 15 is 0 Å². The molecule has 2 aliphatic carbocycles. The quantitative estimate of drug-likeness (QED) is 0.828. The number of aromatic nitrogens is 3. The molecule has 1 amide bonds. The van der Waals surface area contributed by atoms with Crippen molar-refractivity contribution in [2.24, 2.45) is 5.92 Å². The van der Waals surface area contributed by atoms with Crippen molar-refractivity contribution in [3.8, 4) is 0 Å². The molecular formula is C19H30N4O. The van der Waals surface area contributed by atoms with Gasteiger partial charge in [-0.05, 0) is 32.1 Å². The molecular weight excluding hydrogens is 300 g/mol. The molecule has 2 saturated carbocycles. The van der Waals surface area contributed by atoms with Gasteiger partial charge in [0.25, 0.3) is 0 Å². The lowest BCUT2D eigenvalue weighted by atomic mass is 9.64. The molecule has 4 rings (SSSR count). The van der Waals surface area contributed by atoms with Crippen molar-refractivity contribution in [2.75, 3.05) is 4.90 Å². The minimum absolute atomic E-state index is 0.115. The van der Waals surface area contributed by atoms with E-state index in [0.29, 0.717) is 12.0 Å². The third-order valence-electron chi connectivity index (χ3n) is 6.55. The second kappa shape index (κ2) is 6.16. The van der Waals surface area contributed by atoms with Gasteiger partial charge in [-0.2, -0.15) is 10.1 Å².